The number of para-hydroxylation sites is 1. The molecule has 0 unspecified atom stereocenters. The second-order valence-electron chi connectivity index (χ2n) is 3.72. The Bertz CT molecular complexity index is 466. The van der Waals surface area contributed by atoms with Crippen LogP contribution in [-0.4, -0.2) is 31.0 Å². The average molecular weight is 247 g/mol. The number of carbonyl (C=O) groups is 1. The van der Waals surface area contributed by atoms with Gasteiger partial charge in [-0.15, -0.1) is 0 Å². The van der Waals surface area contributed by atoms with E-state index in [1.165, 1.54) is 7.11 Å². The van der Waals surface area contributed by atoms with E-state index in [4.69, 9.17) is 15.7 Å². The number of nitrogen functional groups attached to an aromatic ring is 1. The van der Waals surface area contributed by atoms with Crippen LogP contribution in [0.25, 0.3) is 0 Å². The first kappa shape index (κ1) is 13.8. The maximum Gasteiger partial charge on any atom is 0.257 e. The van der Waals surface area contributed by atoms with E-state index in [1.807, 2.05) is 13.0 Å². The van der Waals surface area contributed by atoms with E-state index in [2.05, 4.69) is 0 Å². The summed E-state index contributed by atoms with van der Waals surface area (Å²) in [6.07, 6.45) is 0.310. The van der Waals surface area contributed by atoms with Crippen molar-refractivity contribution in [1.82, 2.24) is 4.90 Å². The molecular weight excluding hydrogens is 230 g/mol. The second kappa shape index (κ2) is 6.50. The SMILES string of the molecule is CCN(CCC#N)C(=O)c1cccc(N)c1OC. The Kier molecular flexibility index (Phi) is 5.00. The monoisotopic (exact) mass is 247 g/mol. The number of nitriles is 1. The summed E-state index contributed by atoms with van der Waals surface area (Å²) in [5.74, 6) is 0.217. The molecule has 1 aromatic rings. The zero-order valence-electron chi connectivity index (χ0n) is 10.6. The number of rotatable bonds is 5. The molecule has 0 fully saturated rings. The Labute approximate surface area is 107 Å². The minimum atomic E-state index is -0.170. The van der Waals surface area contributed by atoms with E-state index < -0.39 is 0 Å². The minimum absolute atomic E-state index is 0.170. The second-order valence-corrected chi connectivity index (χ2v) is 3.72. The number of hydrogen-bond donors (Lipinski definition) is 1. The molecule has 1 rings (SSSR count). The number of nitrogens with two attached hydrogens (primary N) is 1. The van der Waals surface area contributed by atoms with Crippen molar-refractivity contribution in [2.45, 2.75) is 13.3 Å². The highest BCUT2D eigenvalue weighted by Gasteiger charge is 2.19. The van der Waals surface area contributed by atoms with Gasteiger partial charge in [-0.3, -0.25) is 4.79 Å². The molecule has 0 radical (unpaired) electrons. The summed E-state index contributed by atoms with van der Waals surface area (Å²) in [5.41, 5.74) is 6.62. The third-order valence-corrected chi connectivity index (χ3v) is 2.64. The van der Waals surface area contributed by atoms with Crippen molar-refractivity contribution in [3.05, 3.63) is 23.8 Å². The number of carbonyl (C=O) groups excluding carboxylic acids is 1. The Morgan fingerprint density at radius 3 is 2.83 bits per heavy atom. The molecule has 0 aliphatic heterocycles. The van der Waals surface area contributed by atoms with Crippen LogP contribution in [0.2, 0.25) is 0 Å². The lowest BCUT2D eigenvalue weighted by atomic mass is 10.1. The highest BCUT2D eigenvalue weighted by atomic mass is 16.5. The molecule has 2 N–H and O–H groups in total. The van der Waals surface area contributed by atoms with Gasteiger partial charge in [0.05, 0.1) is 30.9 Å². The summed E-state index contributed by atoms with van der Waals surface area (Å²) in [7, 11) is 1.48. The van der Waals surface area contributed by atoms with E-state index in [9.17, 15) is 4.79 Å². The molecule has 1 amide bonds. The van der Waals surface area contributed by atoms with E-state index >= 15 is 0 Å². The molecule has 0 bridgehead atoms. The lowest BCUT2D eigenvalue weighted by molar-refractivity contribution is 0.0764. The molecular formula is C13H17N3O2. The summed E-state index contributed by atoms with van der Waals surface area (Å²) >= 11 is 0. The zero-order chi connectivity index (χ0) is 13.5. The third-order valence-electron chi connectivity index (χ3n) is 2.64. The first-order valence-electron chi connectivity index (χ1n) is 5.74. The standard InChI is InChI=1S/C13H17N3O2/c1-3-16(9-5-8-14)13(17)10-6-4-7-11(15)12(10)18-2/h4,6-7H,3,5,9,15H2,1-2H3. The number of benzene rings is 1. The Morgan fingerprint density at radius 2 is 2.28 bits per heavy atom. The van der Waals surface area contributed by atoms with Crippen LogP contribution >= 0.6 is 0 Å². The molecule has 96 valence electrons. The average Bonchev–Trinajstić information content (AvgIpc) is 2.39. The predicted molar refractivity (Wildman–Crippen MR) is 69.2 cm³/mol. The maximum atomic E-state index is 12.3. The molecule has 5 heteroatoms. The highest BCUT2D eigenvalue weighted by molar-refractivity contribution is 5.98. The Morgan fingerprint density at radius 1 is 1.56 bits per heavy atom. The molecule has 1 aromatic carbocycles. The number of methoxy groups -OCH3 is 1. The topological polar surface area (TPSA) is 79.4 Å². The number of hydrogen-bond acceptors (Lipinski definition) is 4. The van der Waals surface area contributed by atoms with Crippen molar-refractivity contribution in [3.8, 4) is 11.8 Å². The quantitative estimate of drug-likeness (QED) is 0.802. The number of anilines is 1. The van der Waals surface area contributed by atoms with Gasteiger partial charge in [-0.05, 0) is 19.1 Å². The molecule has 0 aliphatic rings. The summed E-state index contributed by atoms with van der Waals surface area (Å²) in [6.45, 7) is 2.82. The van der Waals surface area contributed by atoms with Gasteiger partial charge < -0.3 is 15.4 Å². The third kappa shape index (κ3) is 2.92. The van der Waals surface area contributed by atoms with Gasteiger partial charge in [-0.2, -0.15) is 5.26 Å². The van der Waals surface area contributed by atoms with E-state index in [0.717, 1.165) is 0 Å². The fraction of sp³-hybridized carbons (Fsp3) is 0.385. The van der Waals surface area contributed by atoms with Crippen LogP contribution < -0.4 is 10.5 Å². The number of nitrogens with zero attached hydrogens (tertiary/aromatic N) is 2. The first-order chi connectivity index (χ1) is 8.65. The Hall–Kier alpha value is -2.22. The summed E-state index contributed by atoms with van der Waals surface area (Å²) in [4.78, 5) is 13.9. The molecule has 18 heavy (non-hydrogen) atoms. The van der Waals surface area contributed by atoms with Crippen LogP contribution in [0.1, 0.15) is 23.7 Å². The molecule has 0 heterocycles. The molecule has 5 nitrogen and oxygen atoms in total. The van der Waals surface area contributed by atoms with Gasteiger partial charge in [0.15, 0.2) is 5.75 Å². The van der Waals surface area contributed by atoms with Crippen LogP contribution in [0.15, 0.2) is 18.2 Å². The van der Waals surface area contributed by atoms with E-state index in [-0.39, 0.29) is 5.91 Å². The molecule has 0 spiro atoms. The summed E-state index contributed by atoms with van der Waals surface area (Å²) < 4.78 is 5.16. The lowest BCUT2D eigenvalue weighted by Crippen LogP contribution is -2.32. The molecule has 0 saturated heterocycles. The van der Waals surface area contributed by atoms with Crippen molar-refractivity contribution >= 4 is 11.6 Å². The zero-order valence-corrected chi connectivity index (χ0v) is 10.6. The van der Waals surface area contributed by atoms with Gasteiger partial charge in [0.1, 0.15) is 0 Å². The molecule has 0 aromatic heterocycles. The normalized spacial score (nSPS) is 9.61. The van der Waals surface area contributed by atoms with Crippen LogP contribution in [0.5, 0.6) is 5.75 Å². The minimum Gasteiger partial charge on any atom is -0.494 e. The largest absolute Gasteiger partial charge is 0.494 e. The summed E-state index contributed by atoms with van der Waals surface area (Å²) in [5, 5.41) is 8.58. The van der Waals surface area contributed by atoms with Gasteiger partial charge in [-0.1, -0.05) is 6.07 Å². The number of amides is 1. The van der Waals surface area contributed by atoms with Gasteiger partial charge in [-0.25, -0.2) is 0 Å². The van der Waals surface area contributed by atoms with Crippen molar-refractivity contribution in [1.29, 1.82) is 5.26 Å². The van der Waals surface area contributed by atoms with Crippen LogP contribution in [0.3, 0.4) is 0 Å². The first-order valence-corrected chi connectivity index (χ1v) is 5.74. The maximum absolute atomic E-state index is 12.3. The van der Waals surface area contributed by atoms with Gasteiger partial charge >= 0.3 is 0 Å². The smallest absolute Gasteiger partial charge is 0.257 e. The van der Waals surface area contributed by atoms with Crippen molar-refractivity contribution in [2.75, 3.05) is 25.9 Å². The summed E-state index contributed by atoms with van der Waals surface area (Å²) in [6, 6.07) is 7.10. The van der Waals surface area contributed by atoms with E-state index in [1.54, 1.807) is 23.1 Å². The van der Waals surface area contributed by atoms with Gasteiger partial charge in [0.25, 0.3) is 5.91 Å². The fourth-order valence-corrected chi connectivity index (χ4v) is 1.71. The molecule has 0 atom stereocenters. The van der Waals surface area contributed by atoms with Crippen LogP contribution in [-0.2, 0) is 0 Å². The van der Waals surface area contributed by atoms with Crippen molar-refractivity contribution in [2.24, 2.45) is 0 Å². The van der Waals surface area contributed by atoms with Gasteiger partial charge in [0.2, 0.25) is 0 Å². The van der Waals surface area contributed by atoms with Crippen LogP contribution in [0, 0.1) is 11.3 Å². The lowest BCUT2D eigenvalue weighted by Gasteiger charge is -2.21. The molecule has 0 saturated carbocycles. The van der Waals surface area contributed by atoms with Gasteiger partial charge in [0, 0.05) is 13.1 Å². The number of ether oxygens (including phenoxy) is 1. The van der Waals surface area contributed by atoms with Crippen molar-refractivity contribution in [3.63, 3.8) is 0 Å². The Balaban J connectivity index is 3.02. The van der Waals surface area contributed by atoms with E-state index in [0.29, 0.717) is 36.5 Å². The van der Waals surface area contributed by atoms with Crippen molar-refractivity contribution < 1.29 is 9.53 Å². The fourth-order valence-electron chi connectivity index (χ4n) is 1.71. The predicted octanol–water partition coefficient (Wildman–Crippen LogP) is 1.65. The van der Waals surface area contributed by atoms with Crippen LogP contribution in [0.4, 0.5) is 5.69 Å². The highest BCUT2D eigenvalue weighted by Crippen LogP contribution is 2.26. The molecule has 0 aliphatic carbocycles.